The molecule has 0 fully saturated rings. The minimum atomic E-state index is 0.0161. The number of nitrogens with one attached hydrogen (secondary N) is 1. The number of nitrogens with two attached hydrogens (primary N) is 1. The molecule has 0 aliphatic rings. The van der Waals surface area contributed by atoms with Crippen LogP contribution in [-0.2, 0) is 0 Å². The SMILES string of the molecule is CC#CCC(NN)c1cccc(C)n1. The molecule has 1 aromatic rings. The normalized spacial score (nSPS) is 11.6. The van der Waals surface area contributed by atoms with E-state index in [0.29, 0.717) is 6.42 Å². The Morgan fingerprint density at radius 1 is 1.57 bits per heavy atom. The summed E-state index contributed by atoms with van der Waals surface area (Å²) >= 11 is 0. The summed E-state index contributed by atoms with van der Waals surface area (Å²) in [6, 6.07) is 5.90. The molecule has 74 valence electrons. The van der Waals surface area contributed by atoms with E-state index in [1.807, 2.05) is 32.0 Å². The first kappa shape index (κ1) is 10.7. The van der Waals surface area contributed by atoms with E-state index in [9.17, 15) is 0 Å². The van der Waals surface area contributed by atoms with Gasteiger partial charge in [0.2, 0.25) is 0 Å². The molecule has 14 heavy (non-hydrogen) atoms. The molecule has 1 rings (SSSR count). The van der Waals surface area contributed by atoms with E-state index in [2.05, 4.69) is 22.3 Å². The van der Waals surface area contributed by atoms with Crippen LogP contribution in [-0.4, -0.2) is 4.98 Å². The van der Waals surface area contributed by atoms with Crippen molar-refractivity contribution < 1.29 is 0 Å². The van der Waals surface area contributed by atoms with Gasteiger partial charge in [0.25, 0.3) is 0 Å². The molecule has 0 spiro atoms. The van der Waals surface area contributed by atoms with Crippen molar-refractivity contribution in [1.29, 1.82) is 0 Å². The second-order valence-electron chi connectivity index (χ2n) is 3.05. The summed E-state index contributed by atoms with van der Waals surface area (Å²) in [5.74, 6) is 11.3. The smallest absolute Gasteiger partial charge is 0.0741 e. The molecular formula is C11H15N3. The predicted molar refractivity (Wildman–Crippen MR) is 57.1 cm³/mol. The molecule has 1 atom stereocenters. The fourth-order valence-electron chi connectivity index (χ4n) is 1.21. The van der Waals surface area contributed by atoms with Crippen LogP contribution < -0.4 is 11.3 Å². The summed E-state index contributed by atoms with van der Waals surface area (Å²) in [5, 5.41) is 0. The monoisotopic (exact) mass is 189 g/mol. The van der Waals surface area contributed by atoms with Gasteiger partial charge in [0.15, 0.2) is 0 Å². The number of aryl methyl sites for hydroxylation is 1. The number of hydrogen-bond acceptors (Lipinski definition) is 3. The zero-order chi connectivity index (χ0) is 10.4. The quantitative estimate of drug-likeness (QED) is 0.428. The average Bonchev–Trinajstić information content (AvgIpc) is 2.19. The second-order valence-corrected chi connectivity index (χ2v) is 3.05. The van der Waals surface area contributed by atoms with Crippen molar-refractivity contribution in [3.63, 3.8) is 0 Å². The van der Waals surface area contributed by atoms with Crippen LogP contribution in [0.25, 0.3) is 0 Å². The van der Waals surface area contributed by atoms with Crippen molar-refractivity contribution in [2.24, 2.45) is 5.84 Å². The Morgan fingerprint density at radius 2 is 2.36 bits per heavy atom. The highest BCUT2D eigenvalue weighted by Gasteiger charge is 2.08. The maximum absolute atomic E-state index is 5.44. The molecule has 3 N–H and O–H groups in total. The van der Waals surface area contributed by atoms with Crippen molar-refractivity contribution >= 4 is 0 Å². The highest BCUT2D eigenvalue weighted by molar-refractivity contribution is 5.15. The first-order valence-electron chi connectivity index (χ1n) is 4.57. The summed E-state index contributed by atoms with van der Waals surface area (Å²) in [6.07, 6.45) is 0.684. The van der Waals surface area contributed by atoms with Gasteiger partial charge in [-0.1, -0.05) is 6.07 Å². The molecule has 0 amide bonds. The first-order valence-corrected chi connectivity index (χ1v) is 4.57. The number of aromatic nitrogens is 1. The molecule has 0 saturated heterocycles. The van der Waals surface area contributed by atoms with Crippen LogP contribution in [0, 0.1) is 18.8 Å². The standard InChI is InChI=1S/C11H15N3/c1-3-4-7-11(14-12)10-8-5-6-9(2)13-10/h5-6,8,11,14H,7,12H2,1-2H3. The summed E-state index contributed by atoms with van der Waals surface area (Å²) in [6.45, 7) is 3.78. The van der Waals surface area contributed by atoms with Crippen LogP contribution >= 0.6 is 0 Å². The zero-order valence-electron chi connectivity index (χ0n) is 8.54. The number of rotatable bonds is 3. The van der Waals surface area contributed by atoms with E-state index in [-0.39, 0.29) is 6.04 Å². The molecule has 0 radical (unpaired) electrons. The summed E-state index contributed by atoms with van der Waals surface area (Å²) in [7, 11) is 0. The second kappa shape index (κ2) is 5.38. The largest absolute Gasteiger partial charge is 0.271 e. The number of hydrogen-bond donors (Lipinski definition) is 2. The van der Waals surface area contributed by atoms with Crippen molar-refractivity contribution in [2.75, 3.05) is 0 Å². The molecule has 1 heterocycles. The van der Waals surface area contributed by atoms with Gasteiger partial charge >= 0.3 is 0 Å². The lowest BCUT2D eigenvalue weighted by Gasteiger charge is -2.12. The summed E-state index contributed by atoms with van der Waals surface area (Å²) in [4.78, 5) is 4.39. The Hall–Kier alpha value is -1.37. The maximum atomic E-state index is 5.44. The van der Waals surface area contributed by atoms with Gasteiger partial charge in [-0.3, -0.25) is 16.3 Å². The Morgan fingerprint density at radius 3 is 2.93 bits per heavy atom. The molecular weight excluding hydrogens is 174 g/mol. The van der Waals surface area contributed by atoms with Gasteiger partial charge < -0.3 is 0 Å². The van der Waals surface area contributed by atoms with Crippen LogP contribution in [0.3, 0.4) is 0 Å². The molecule has 0 aliphatic carbocycles. The van der Waals surface area contributed by atoms with Crippen LogP contribution in [0.2, 0.25) is 0 Å². The van der Waals surface area contributed by atoms with Crippen LogP contribution in [0.4, 0.5) is 0 Å². The van der Waals surface area contributed by atoms with Gasteiger partial charge in [-0.25, -0.2) is 0 Å². The summed E-state index contributed by atoms with van der Waals surface area (Å²) in [5.41, 5.74) is 4.65. The van der Waals surface area contributed by atoms with Gasteiger partial charge in [-0.05, 0) is 26.0 Å². The van der Waals surface area contributed by atoms with Gasteiger partial charge in [0.05, 0.1) is 11.7 Å². The fraction of sp³-hybridized carbons (Fsp3) is 0.364. The molecule has 0 aliphatic heterocycles. The third-order valence-electron chi connectivity index (χ3n) is 1.95. The van der Waals surface area contributed by atoms with Crippen molar-refractivity contribution in [3.05, 3.63) is 29.6 Å². The van der Waals surface area contributed by atoms with Gasteiger partial charge in [-0.15, -0.1) is 11.8 Å². The zero-order valence-corrected chi connectivity index (χ0v) is 8.54. The van der Waals surface area contributed by atoms with Crippen LogP contribution in [0.1, 0.15) is 30.8 Å². The van der Waals surface area contributed by atoms with Crippen molar-refractivity contribution in [3.8, 4) is 11.8 Å². The Balaban J connectivity index is 2.81. The van der Waals surface area contributed by atoms with Crippen LogP contribution in [0.15, 0.2) is 18.2 Å². The van der Waals surface area contributed by atoms with E-state index >= 15 is 0 Å². The molecule has 0 bridgehead atoms. The maximum Gasteiger partial charge on any atom is 0.0741 e. The highest BCUT2D eigenvalue weighted by Crippen LogP contribution is 2.12. The topological polar surface area (TPSA) is 50.9 Å². The first-order chi connectivity index (χ1) is 6.77. The minimum Gasteiger partial charge on any atom is -0.271 e. The molecule has 1 aromatic heterocycles. The van der Waals surface area contributed by atoms with E-state index in [4.69, 9.17) is 5.84 Å². The number of pyridine rings is 1. The Bertz CT molecular complexity index is 349. The van der Waals surface area contributed by atoms with Gasteiger partial charge in [0.1, 0.15) is 0 Å². The lowest BCUT2D eigenvalue weighted by Crippen LogP contribution is -2.28. The molecule has 0 aromatic carbocycles. The van der Waals surface area contributed by atoms with E-state index < -0.39 is 0 Å². The summed E-state index contributed by atoms with van der Waals surface area (Å²) < 4.78 is 0. The third-order valence-corrected chi connectivity index (χ3v) is 1.95. The number of hydrazine groups is 1. The van der Waals surface area contributed by atoms with Crippen molar-refractivity contribution in [2.45, 2.75) is 26.3 Å². The average molecular weight is 189 g/mol. The predicted octanol–water partition coefficient (Wildman–Crippen LogP) is 1.31. The molecule has 3 heteroatoms. The fourth-order valence-corrected chi connectivity index (χ4v) is 1.21. The third kappa shape index (κ3) is 2.84. The Labute approximate surface area is 84.7 Å². The number of nitrogens with zero attached hydrogens (tertiary/aromatic N) is 1. The van der Waals surface area contributed by atoms with E-state index in [1.165, 1.54) is 0 Å². The minimum absolute atomic E-state index is 0.0161. The van der Waals surface area contributed by atoms with Crippen LogP contribution in [0.5, 0.6) is 0 Å². The van der Waals surface area contributed by atoms with Gasteiger partial charge in [0, 0.05) is 12.1 Å². The molecule has 3 nitrogen and oxygen atoms in total. The lowest BCUT2D eigenvalue weighted by molar-refractivity contribution is 0.552. The van der Waals surface area contributed by atoms with Gasteiger partial charge in [-0.2, -0.15) is 0 Å². The van der Waals surface area contributed by atoms with E-state index in [0.717, 1.165) is 11.4 Å². The molecule has 1 unspecified atom stereocenters. The highest BCUT2D eigenvalue weighted by atomic mass is 15.2. The molecule has 0 saturated carbocycles. The lowest BCUT2D eigenvalue weighted by atomic mass is 10.1. The van der Waals surface area contributed by atoms with E-state index in [1.54, 1.807) is 0 Å². The van der Waals surface area contributed by atoms with Crippen molar-refractivity contribution in [1.82, 2.24) is 10.4 Å². The Kier molecular flexibility index (Phi) is 4.11.